The Bertz CT molecular complexity index is 1760. The van der Waals surface area contributed by atoms with E-state index in [1.54, 1.807) is 37.7 Å². The van der Waals surface area contributed by atoms with Crippen LogP contribution in [0.4, 0.5) is 5.82 Å². The molecular formula is C33H31ClN4O5. The molecule has 1 aliphatic heterocycles. The highest BCUT2D eigenvalue weighted by molar-refractivity contribution is 6.30. The van der Waals surface area contributed by atoms with Crippen molar-refractivity contribution in [2.75, 3.05) is 51.9 Å². The monoisotopic (exact) mass is 598 g/mol. The maximum Gasteiger partial charge on any atom is 0.257 e. The Balaban J connectivity index is 1.19. The first-order valence-electron chi connectivity index (χ1n) is 14.1. The van der Waals surface area contributed by atoms with Gasteiger partial charge in [0.25, 0.3) is 5.91 Å². The number of hydrogen-bond donors (Lipinski definition) is 1. The summed E-state index contributed by atoms with van der Waals surface area (Å²) in [6.45, 7) is 5.03. The van der Waals surface area contributed by atoms with Gasteiger partial charge in [-0.1, -0.05) is 23.7 Å². The van der Waals surface area contributed by atoms with Crippen LogP contribution in [0.5, 0.6) is 23.0 Å². The molecule has 3 heterocycles. The van der Waals surface area contributed by atoms with Gasteiger partial charge in [0.2, 0.25) is 0 Å². The number of anilines is 1. The zero-order valence-corrected chi connectivity index (χ0v) is 24.5. The summed E-state index contributed by atoms with van der Waals surface area (Å²) in [5, 5.41) is 5.74. The maximum absolute atomic E-state index is 13.0. The van der Waals surface area contributed by atoms with E-state index in [1.807, 2.05) is 48.5 Å². The van der Waals surface area contributed by atoms with Gasteiger partial charge in [-0.25, -0.2) is 4.98 Å². The Labute approximate surface area is 254 Å². The number of aromatic nitrogens is 2. The molecule has 10 heteroatoms. The number of amides is 1. The molecule has 43 heavy (non-hydrogen) atoms. The lowest BCUT2D eigenvalue weighted by atomic mass is 10.0. The number of nitrogens with zero attached hydrogens (tertiary/aromatic N) is 3. The third-order valence-corrected chi connectivity index (χ3v) is 7.49. The highest BCUT2D eigenvalue weighted by Gasteiger charge is 2.15. The fraction of sp³-hybridized carbons (Fsp3) is 0.242. The van der Waals surface area contributed by atoms with E-state index in [9.17, 15) is 4.79 Å². The van der Waals surface area contributed by atoms with E-state index in [2.05, 4.69) is 20.2 Å². The van der Waals surface area contributed by atoms with E-state index in [0.717, 1.165) is 60.9 Å². The summed E-state index contributed by atoms with van der Waals surface area (Å²) >= 11 is 6.04. The zero-order chi connectivity index (χ0) is 29.6. The van der Waals surface area contributed by atoms with Crippen molar-refractivity contribution in [2.45, 2.75) is 6.42 Å². The van der Waals surface area contributed by atoms with Gasteiger partial charge in [0.1, 0.15) is 17.3 Å². The minimum atomic E-state index is -0.277. The lowest BCUT2D eigenvalue weighted by molar-refractivity contribution is 0.0357. The Morgan fingerprint density at radius 1 is 0.953 bits per heavy atom. The van der Waals surface area contributed by atoms with E-state index in [0.29, 0.717) is 46.0 Å². The van der Waals surface area contributed by atoms with Crippen LogP contribution < -0.4 is 19.5 Å². The third kappa shape index (κ3) is 6.80. The molecule has 3 aromatic carbocycles. The number of benzene rings is 3. The van der Waals surface area contributed by atoms with E-state index in [-0.39, 0.29) is 5.91 Å². The second kappa shape index (κ2) is 13.2. The molecule has 1 aliphatic rings. The van der Waals surface area contributed by atoms with Crippen molar-refractivity contribution in [1.82, 2.24) is 14.9 Å². The summed E-state index contributed by atoms with van der Waals surface area (Å²) in [4.78, 5) is 24.1. The predicted molar refractivity (Wildman–Crippen MR) is 167 cm³/mol. The van der Waals surface area contributed by atoms with Crippen molar-refractivity contribution in [3.63, 3.8) is 0 Å². The Morgan fingerprint density at radius 2 is 1.81 bits per heavy atom. The minimum Gasteiger partial charge on any atom is -0.493 e. The summed E-state index contributed by atoms with van der Waals surface area (Å²) in [6.07, 6.45) is 4.16. The molecule has 9 nitrogen and oxygen atoms in total. The van der Waals surface area contributed by atoms with Crippen molar-refractivity contribution in [1.29, 1.82) is 0 Å². The number of carbonyl (C=O) groups is 1. The van der Waals surface area contributed by atoms with Gasteiger partial charge in [0.05, 0.1) is 32.4 Å². The standard InChI is InChI=1S/C33H31ClN4O5/c1-40-30-20-27-28(21-31(30)42-15-3-12-38-13-16-41-17-14-38)35-11-9-29(27)43-24-6-7-25-22(18-24)4-2-5-26(25)33(39)37-32-19-23(34)8-10-36-32/h2,4-11,18-21H,3,12-17H2,1H3,(H,36,37,39). The molecule has 0 radical (unpaired) electrons. The van der Waals surface area contributed by atoms with Crippen molar-refractivity contribution in [3.05, 3.63) is 89.7 Å². The molecule has 1 fully saturated rings. The average Bonchev–Trinajstić information content (AvgIpc) is 3.03. The molecule has 5 aromatic rings. The Kier molecular flexibility index (Phi) is 8.83. The molecule has 0 unspecified atom stereocenters. The highest BCUT2D eigenvalue weighted by atomic mass is 35.5. The molecule has 1 saturated heterocycles. The molecule has 0 saturated carbocycles. The molecule has 6 rings (SSSR count). The minimum absolute atomic E-state index is 0.277. The first kappa shape index (κ1) is 28.7. The largest absolute Gasteiger partial charge is 0.493 e. The quantitative estimate of drug-likeness (QED) is 0.180. The predicted octanol–water partition coefficient (Wildman–Crippen LogP) is 6.59. The molecule has 220 valence electrons. The van der Waals surface area contributed by atoms with Crippen LogP contribution >= 0.6 is 11.6 Å². The van der Waals surface area contributed by atoms with Crippen LogP contribution in [-0.2, 0) is 4.74 Å². The second-order valence-electron chi connectivity index (χ2n) is 10.1. The van der Waals surface area contributed by atoms with E-state index < -0.39 is 0 Å². The van der Waals surface area contributed by atoms with Gasteiger partial charge >= 0.3 is 0 Å². The number of pyridine rings is 2. The van der Waals surface area contributed by atoms with Gasteiger partial charge in [0, 0.05) is 54.1 Å². The SMILES string of the molecule is COc1cc2c(Oc3ccc4c(C(=O)Nc5cc(Cl)ccn5)cccc4c3)ccnc2cc1OCCCN1CCOCC1. The van der Waals surface area contributed by atoms with Crippen LogP contribution in [0, 0.1) is 0 Å². The van der Waals surface area contributed by atoms with Crippen LogP contribution in [0.3, 0.4) is 0 Å². The van der Waals surface area contributed by atoms with E-state index in [1.165, 1.54) is 0 Å². The second-order valence-corrected chi connectivity index (χ2v) is 10.5. The van der Waals surface area contributed by atoms with Crippen LogP contribution in [0.1, 0.15) is 16.8 Å². The van der Waals surface area contributed by atoms with Gasteiger partial charge in [-0.3, -0.25) is 14.7 Å². The number of hydrogen-bond acceptors (Lipinski definition) is 8. The van der Waals surface area contributed by atoms with Crippen molar-refractivity contribution < 1.29 is 23.7 Å². The summed E-state index contributed by atoms with van der Waals surface area (Å²) in [7, 11) is 1.62. The maximum atomic E-state index is 13.0. The van der Waals surface area contributed by atoms with Crippen molar-refractivity contribution in [2.24, 2.45) is 0 Å². The van der Waals surface area contributed by atoms with Gasteiger partial charge in [0.15, 0.2) is 11.5 Å². The van der Waals surface area contributed by atoms with Crippen molar-refractivity contribution >= 4 is 45.0 Å². The molecular weight excluding hydrogens is 568 g/mol. The van der Waals surface area contributed by atoms with Crippen LogP contribution in [0.15, 0.2) is 79.1 Å². The topological polar surface area (TPSA) is 95.0 Å². The summed E-state index contributed by atoms with van der Waals surface area (Å²) < 4.78 is 23.5. The average molecular weight is 599 g/mol. The van der Waals surface area contributed by atoms with E-state index in [4.69, 9.17) is 30.5 Å². The lowest BCUT2D eigenvalue weighted by Gasteiger charge is -2.26. The Morgan fingerprint density at radius 3 is 2.65 bits per heavy atom. The van der Waals surface area contributed by atoms with Crippen LogP contribution in [0.25, 0.3) is 21.7 Å². The first-order chi connectivity index (χ1) is 21.1. The molecule has 1 amide bonds. The molecule has 0 atom stereocenters. The molecule has 0 aliphatic carbocycles. The summed E-state index contributed by atoms with van der Waals surface area (Å²) in [6, 6.07) is 20.0. The smallest absolute Gasteiger partial charge is 0.257 e. The van der Waals surface area contributed by atoms with E-state index >= 15 is 0 Å². The number of carbonyl (C=O) groups excluding carboxylic acids is 1. The number of morpholine rings is 1. The lowest BCUT2D eigenvalue weighted by Crippen LogP contribution is -2.37. The van der Waals surface area contributed by atoms with Crippen LogP contribution in [0.2, 0.25) is 5.02 Å². The summed E-state index contributed by atoms with van der Waals surface area (Å²) in [5.41, 5.74) is 1.25. The van der Waals surface area contributed by atoms with Gasteiger partial charge in [-0.15, -0.1) is 0 Å². The molecule has 0 bridgehead atoms. The molecule has 2 aromatic heterocycles. The van der Waals surface area contributed by atoms with Gasteiger partial charge in [-0.2, -0.15) is 0 Å². The fourth-order valence-electron chi connectivity index (χ4n) is 5.09. The zero-order valence-electron chi connectivity index (χ0n) is 23.7. The third-order valence-electron chi connectivity index (χ3n) is 7.25. The first-order valence-corrected chi connectivity index (χ1v) is 14.5. The number of ether oxygens (including phenoxy) is 4. The normalized spacial score (nSPS) is 13.6. The number of halogens is 1. The highest BCUT2D eigenvalue weighted by Crippen LogP contribution is 2.38. The fourth-order valence-corrected chi connectivity index (χ4v) is 5.25. The number of fused-ring (bicyclic) bond motifs is 2. The molecule has 0 spiro atoms. The van der Waals surface area contributed by atoms with Crippen molar-refractivity contribution in [3.8, 4) is 23.0 Å². The Hall–Kier alpha value is -4.44. The number of nitrogens with one attached hydrogen (secondary N) is 1. The summed E-state index contributed by atoms with van der Waals surface area (Å²) in [5.74, 6) is 2.61. The molecule has 1 N–H and O–H groups in total. The van der Waals surface area contributed by atoms with Gasteiger partial charge < -0.3 is 24.3 Å². The van der Waals surface area contributed by atoms with Gasteiger partial charge in [-0.05, 0) is 65.7 Å². The number of rotatable bonds is 10. The van der Waals surface area contributed by atoms with Crippen LogP contribution in [-0.4, -0.2) is 67.3 Å². The number of methoxy groups -OCH3 is 1.